The van der Waals surface area contributed by atoms with Crippen molar-refractivity contribution in [2.75, 3.05) is 0 Å². The first-order valence-electron chi connectivity index (χ1n) is 8.01. The van der Waals surface area contributed by atoms with Crippen molar-refractivity contribution < 1.29 is 19.4 Å². The average Bonchev–Trinajstić information content (AvgIpc) is 2.43. The van der Waals surface area contributed by atoms with Gasteiger partial charge >= 0.3 is 11.9 Å². The molecule has 1 aliphatic rings. The number of carbonyl (C=O) groups is 2. The van der Waals surface area contributed by atoms with Crippen LogP contribution in [0.1, 0.15) is 65.7 Å². The molecule has 0 aromatic rings. The Hall–Kier alpha value is -1.32. The van der Waals surface area contributed by atoms with Crippen LogP contribution in [0.2, 0.25) is 0 Å². The van der Waals surface area contributed by atoms with E-state index in [1.54, 1.807) is 0 Å². The molecule has 4 nitrogen and oxygen atoms in total. The molecule has 4 heteroatoms. The van der Waals surface area contributed by atoms with Gasteiger partial charge in [-0.3, -0.25) is 0 Å². The van der Waals surface area contributed by atoms with E-state index in [2.05, 4.69) is 13.8 Å². The van der Waals surface area contributed by atoms with Crippen LogP contribution in [0.25, 0.3) is 0 Å². The molecule has 21 heavy (non-hydrogen) atoms. The predicted octanol–water partition coefficient (Wildman–Crippen LogP) is 3.95. The van der Waals surface area contributed by atoms with Crippen molar-refractivity contribution >= 4 is 11.9 Å². The van der Waals surface area contributed by atoms with Crippen LogP contribution in [0, 0.1) is 11.8 Å². The molecule has 0 saturated heterocycles. The fraction of sp³-hybridized carbons (Fsp3) is 0.765. The highest BCUT2D eigenvalue weighted by atomic mass is 16.6. The number of carboxylic acid groups (broad SMARTS) is 1. The minimum Gasteiger partial charge on any atom is -0.478 e. The van der Waals surface area contributed by atoms with E-state index in [0.29, 0.717) is 5.92 Å². The summed E-state index contributed by atoms with van der Waals surface area (Å²) in [5, 5.41) is 8.59. The zero-order valence-electron chi connectivity index (χ0n) is 13.4. The van der Waals surface area contributed by atoms with Crippen LogP contribution in [-0.2, 0) is 14.3 Å². The Labute approximate surface area is 127 Å². The summed E-state index contributed by atoms with van der Waals surface area (Å²) in [7, 11) is 0. The Morgan fingerprint density at radius 3 is 2.38 bits per heavy atom. The van der Waals surface area contributed by atoms with Crippen molar-refractivity contribution in [1.29, 1.82) is 0 Å². The summed E-state index contributed by atoms with van der Waals surface area (Å²) in [6.45, 7) is 6.40. The zero-order chi connectivity index (χ0) is 15.9. The second-order valence-electron chi connectivity index (χ2n) is 6.47. The lowest BCUT2D eigenvalue weighted by atomic mass is 9.72. The third kappa shape index (κ3) is 5.90. The Morgan fingerprint density at radius 2 is 1.86 bits per heavy atom. The summed E-state index contributed by atoms with van der Waals surface area (Å²) in [6.07, 6.45) is 9.27. The molecule has 0 amide bonds. The highest BCUT2D eigenvalue weighted by Gasteiger charge is 2.38. The molecule has 120 valence electrons. The van der Waals surface area contributed by atoms with Gasteiger partial charge in [0.05, 0.1) is 0 Å². The molecule has 0 spiro atoms. The van der Waals surface area contributed by atoms with E-state index in [-0.39, 0.29) is 0 Å². The second-order valence-corrected chi connectivity index (χ2v) is 6.47. The number of carboxylic acids is 1. The molecular formula is C17H28O4. The molecule has 1 unspecified atom stereocenters. The number of aliphatic carboxylic acids is 1. The largest absolute Gasteiger partial charge is 0.478 e. The van der Waals surface area contributed by atoms with E-state index >= 15 is 0 Å². The van der Waals surface area contributed by atoms with Crippen molar-refractivity contribution in [2.24, 2.45) is 11.8 Å². The maximum Gasteiger partial charge on any atom is 0.331 e. The van der Waals surface area contributed by atoms with Crippen LogP contribution in [-0.4, -0.2) is 22.6 Å². The van der Waals surface area contributed by atoms with E-state index in [1.165, 1.54) is 12.8 Å². The minimum absolute atomic E-state index is 0.377. The van der Waals surface area contributed by atoms with Crippen LogP contribution in [0.5, 0.6) is 0 Å². The van der Waals surface area contributed by atoms with Gasteiger partial charge in [-0.1, -0.05) is 33.1 Å². The van der Waals surface area contributed by atoms with Crippen molar-refractivity contribution in [3.63, 3.8) is 0 Å². The smallest absolute Gasteiger partial charge is 0.331 e. The summed E-state index contributed by atoms with van der Waals surface area (Å²) in [6, 6.07) is 0. The van der Waals surface area contributed by atoms with Crippen LogP contribution >= 0.6 is 0 Å². The second kappa shape index (κ2) is 8.20. The first kappa shape index (κ1) is 17.7. The van der Waals surface area contributed by atoms with Gasteiger partial charge in [-0.2, -0.15) is 0 Å². The maximum atomic E-state index is 11.9. The average molecular weight is 296 g/mol. The third-order valence-electron chi connectivity index (χ3n) is 4.60. The van der Waals surface area contributed by atoms with Gasteiger partial charge in [0, 0.05) is 12.2 Å². The monoisotopic (exact) mass is 296 g/mol. The first-order chi connectivity index (χ1) is 9.87. The zero-order valence-corrected chi connectivity index (χ0v) is 13.4. The number of hydrogen-bond acceptors (Lipinski definition) is 3. The van der Waals surface area contributed by atoms with Crippen LogP contribution in [0.15, 0.2) is 12.2 Å². The number of hydrogen-bond donors (Lipinski definition) is 1. The van der Waals surface area contributed by atoms with Crippen molar-refractivity contribution in [1.82, 2.24) is 0 Å². The molecule has 0 radical (unpaired) electrons. The van der Waals surface area contributed by atoms with Crippen LogP contribution < -0.4 is 0 Å². The standard InChI is InChI=1S/C17H28O4/c1-4-5-12-17(3,14-8-6-13(2)7-9-14)21-16(20)11-10-15(18)19/h10-11,13-14H,4-9,12H2,1-3H3,(H,18,19)/b11-10+. The van der Waals surface area contributed by atoms with Gasteiger partial charge < -0.3 is 9.84 Å². The fourth-order valence-corrected chi connectivity index (χ4v) is 3.14. The topological polar surface area (TPSA) is 63.6 Å². The lowest BCUT2D eigenvalue weighted by Gasteiger charge is -2.40. The molecule has 1 fully saturated rings. The molecule has 0 heterocycles. The molecule has 1 rings (SSSR count). The van der Waals surface area contributed by atoms with E-state index < -0.39 is 17.5 Å². The fourth-order valence-electron chi connectivity index (χ4n) is 3.14. The summed E-state index contributed by atoms with van der Waals surface area (Å²) in [5.74, 6) is -0.551. The normalized spacial score (nSPS) is 25.5. The van der Waals surface area contributed by atoms with Gasteiger partial charge in [0.2, 0.25) is 0 Å². The van der Waals surface area contributed by atoms with E-state index in [4.69, 9.17) is 9.84 Å². The predicted molar refractivity (Wildman–Crippen MR) is 81.9 cm³/mol. The van der Waals surface area contributed by atoms with Gasteiger partial charge in [-0.15, -0.1) is 0 Å². The van der Waals surface area contributed by atoms with Crippen molar-refractivity contribution in [2.45, 2.75) is 71.3 Å². The molecule has 0 aromatic carbocycles. The molecule has 1 saturated carbocycles. The number of esters is 1. The highest BCUT2D eigenvalue weighted by Crippen LogP contribution is 2.40. The van der Waals surface area contributed by atoms with Gasteiger partial charge in [0.25, 0.3) is 0 Å². The number of unbranched alkanes of at least 4 members (excludes halogenated alkanes) is 1. The summed E-state index contributed by atoms with van der Waals surface area (Å²) >= 11 is 0. The minimum atomic E-state index is -1.13. The van der Waals surface area contributed by atoms with Gasteiger partial charge in [-0.25, -0.2) is 9.59 Å². The molecule has 0 aromatic heterocycles. The Bertz CT molecular complexity index is 380. The number of carbonyl (C=O) groups excluding carboxylic acids is 1. The lowest BCUT2D eigenvalue weighted by Crippen LogP contribution is -2.41. The molecule has 1 aliphatic carbocycles. The van der Waals surface area contributed by atoms with Crippen LogP contribution in [0.4, 0.5) is 0 Å². The molecular weight excluding hydrogens is 268 g/mol. The quantitative estimate of drug-likeness (QED) is 0.571. The summed E-state index contributed by atoms with van der Waals surface area (Å²) in [4.78, 5) is 22.3. The number of rotatable bonds is 7. The molecule has 1 N–H and O–H groups in total. The van der Waals surface area contributed by atoms with E-state index in [0.717, 1.165) is 50.2 Å². The molecule has 0 aliphatic heterocycles. The van der Waals surface area contributed by atoms with E-state index in [9.17, 15) is 9.59 Å². The number of ether oxygens (including phenoxy) is 1. The van der Waals surface area contributed by atoms with Gasteiger partial charge in [-0.05, 0) is 44.4 Å². The lowest BCUT2D eigenvalue weighted by molar-refractivity contribution is -0.161. The highest BCUT2D eigenvalue weighted by molar-refractivity contribution is 5.90. The maximum absolute atomic E-state index is 11.9. The Kier molecular flexibility index (Phi) is 6.93. The summed E-state index contributed by atoms with van der Waals surface area (Å²) in [5.41, 5.74) is -0.476. The first-order valence-corrected chi connectivity index (χ1v) is 8.01. The van der Waals surface area contributed by atoms with E-state index in [1.807, 2.05) is 6.92 Å². The molecule has 1 atom stereocenters. The SMILES string of the molecule is CCCCC(C)(OC(=O)/C=C/C(=O)O)C1CCC(C)CC1. The van der Waals surface area contributed by atoms with Crippen LogP contribution in [0.3, 0.4) is 0 Å². The van der Waals surface area contributed by atoms with Gasteiger partial charge in [0.1, 0.15) is 5.60 Å². The Balaban J connectivity index is 2.72. The van der Waals surface area contributed by atoms with Crippen molar-refractivity contribution in [3.8, 4) is 0 Å². The van der Waals surface area contributed by atoms with Crippen molar-refractivity contribution in [3.05, 3.63) is 12.2 Å². The third-order valence-corrected chi connectivity index (χ3v) is 4.60. The Morgan fingerprint density at radius 1 is 1.24 bits per heavy atom. The summed E-state index contributed by atoms with van der Waals surface area (Å²) < 4.78 is 5.68. The van der Waals surface area contributed by atoms with Gasteiger partial charge in [0.15, 0.2) is 0 Å². The molecule has 0 bridgehead atoms.